The van der Waals surface area contributed by atoms with E-state index >= 15 is 0 Å². The van der Waals surface area contributed by atoms with Crippen molar-refractivity contribution < 1.29 is 9.90 Å². The van der Waals surface area contributed by atoms with Gasteiger partial charge in [-0.15, -0.1) is 0 Å². The average Bonchev–Trinajstić information content (AvgIpc) is 2.59. The number of aliphatic imine (C=N–C) groups is 1. The molecule has 0 aromatic heterocycles. The van der Waals surface area contributed by atoms with Crippen LogP contribution in [-0.2, 0) is 4.79 Å². The Morgan fingerprint density at radius 3 is 1.69 bits per heavy atom. The van der Waals surface area contributed by atoms with Crippen LogP contribution in [0.1, 0.15) is 104 Å². The molecule has 0 aromatic carbocycles. The van der Waals surface area contributed by atoms with Gasteiger partial charge >= 0.3 is 5.97 Å². The van der Waals surface area contributed by atoms with Gasteiger partial charge in [0.25, 0.3) is 0 Å². The normalized spacial score (nSPS) is 13.1. The van der Waals surface area contributed by atoms with Crippen molar-refractivity contribution in [2.45, 2.75) is 110 Å². The maximum absolute atomic E-state index is 11.1. The highest BCUT2D eigenvalue weighted by Crippen LogP contribution is 2.14. The highest BCUT2D eigenvalue weighted by Gasteiger charge is 2.15. The molecule has 1 unspecified atom stereocenters. The molecule has 0 heterocycles. The lowest BCUT2D eigenvalue weighted by atomic mass is 10.0. The van der Waals surface area contributed by atoms with Crippen LogP contribution >= 0.6 is 11.8 Å². The molecule has 0 rings (SSSR count). The minimum Gasteiger partial charge on any atom is -0.480 e. The van der Waals surface area contributed by atoms with E-state index < -0.39 is 12.0 Å². The number of carboxylic acids is 1. The van der Waals surface area contributed by atoms with Gasteiger partial charge < -0.3 is 10.8 Å². The third-order valence-electron chi connectivity index (χ3n) is 4.56. The molecule has 26 heavy (non-hydrogen) atoms. The van der Waals surface area contributed by atoms with Gasteiger partial charge in [0.1, 0.15) is 0 Å². The van der Waals surface area contributed by atoms with Crippen molar-refractivity contribution in [3.8, 4) is 0 Å². The van der Waals surface area contributed by atoms with Crippen LogP contribution < -0.4 is 5.73 Å². The van der Waals surface area contributed by atoms with Gasteiger partial charge in [-0.2, -0.15) is 11.8 Å². The predicted molar refractivity (Wildman–Crippen MR) is 116 cm³/mol. The Bertz CT molecular complexity index is 358. The molecule has 154 valence electrons. The van der Waals surface area contributed by atoms with Crippen molar-refractivity contribution in [2.24, 2.45) is 10.7 Å². The van der Waals surface area contributed by atoms with Crippen molar-refractivity contribution in [3.63, 3.8) is 0 Å². The van der Waals surface area contributed by atoms with E-state index in [1.807, 2.05) is 0 Å². The zero-order chi connectivity index (χ0) is 19.5. The molecule has 1 atom stereocenters. The number of aliphatic carboxylic acids is 1. The third kappa shape index (κ3) is 18.1. The molecule has 0 aliphatic rings. The molecule has 0 saturated heterocycles. The number of amidine groups is 1. The lowest BCUT2D eigenvalue weighted by Gasteiger charge is -2.08. The van der Waals surface area contributed by atoms with Gasteiger partial charge in [0.05, 0.1) is 5.84 Å². The van der Waals surface area contributed by atoms with Crippen LogP contribution in [0.25, 0.3) is 0 Å². The number of carboxylic acid groups (broad SMARTS) is 1. The predicted octanol–water partition coefficient (Wildman–Crippen LogP) is 6.03. The fraction of sp³-hybridized carbons (Fsp3) is 0.905. The first-order valence-corrected chi connectivity index (χ1v) is 11.8. The second-order valence-corrected chi connectivity index (χ2v) is 8.45. The Morgan fingerprint density at radius 2 is 1.31 bits per heavy atom. The smallest absolute Gasteiger partial charge is 0.329 e. The van der Waals surface area contributed by atoms with Gasteiger partial charge in [0.2, 0.25) is 0 Å². The molecular formula is C21H42N2O2S. The summed E-state index contributed by atoms with van der Waals surface area (Å²) < 4.78 is 0. The Hall–Kier alpha value is -0.710. The summed E-state index contributed by atoms with van der Waals surface area (Å²) in [4.78, 5) is 15.0. The number of hydrogen-bond donors (Lipinski definition) is 2. The molecule has 4 nitrogen and oxygen atoms in total. The minimum absolute atomic E-state index is 0.342. The fourth-order valence-corrected chi connectivity index (χ4v) is 4.02. The monoisotopic (exact) mass is 386 g/mol. The van der Waals surface area contributed by atoms with Gasteiger partial charge in [-0.05, 0) is 19.1 Å². The minimum atomic E-state index is -0.886. The Labute approximate surface area is 165 Å². The maximum atomic E-state index is 11.1. The quantitative estimate of drug-likeness (QED) is 0.161. The topological polar surface area (TPSA) is 75.7 Å². The van der Waals surface area contributed by atoms with E-state index in [4.69, 9.17) is 10.8 Å². The van der Waals surface area contributed by atoms with E-state index in [2.05, 4.69) is 11.9 Å². The molecule has 0 aromatic rings. The van der Waals surface area contributed by atoms with Gasteiger partial charge in [0.15, 0.2) is 6.04 Å². The number of carbonyl (C=O) groups is 1. The van der Waals surface area contributed by atoms with Gasteiger partial charge in [0, 0.05) is 5.75 Å². The van der Waals surface area contributed by atoms with Crippen LogP contribution in [0.3, 0.4) is 0 Å². The van der Waals surface area contributed by atoms with Crippen LogP contribution in [0.5, 0.6) is 0 Å². The van der Waals surface area contributed by atoms with E-state index in [0.717, 1.165) is 5.75 Å². The molecule has 3 N–H and O–H groups in total. The Kier molecular flexibility index (Phi) is 18.5. The van der Waals surface area contributed by atoms with Crippen molar-refractivity contribution in [1.82, 2.24) is 0 Å². The number of hydrogen-bond acceptors (Lipinski definition) is 3. The summed E-state index contributed by atoms with van der Waals surface area (Å²) in [5.41, 5.74) is 5.47. The summed E-state index contributed by atoms with van der Waals surface area (Å²) in [5, 5.41) is 9.07. The Morgan fingerprint density at radius 1 is 0.885 bits per heavy atom. The summed E-state index contributed by atoms with van der Waals surface area (Å²) in [6.07, 6.45) is 19.1. The van der Waals surface area contributed by atoms with Crippen molar-refractivity contribution >= 4 is 23.6 Å². The summed E-state index contributed by atoms with van der Waals surface area (Å²) in [7, 11) is 0. The largest absolute Gasteiger partial charge is 0.480 e. The van der Waals surface area contributed by atoms with E-state index in [-0.39, 0.29) is 0 Å². The Balaban J connectivity index is 3.29. The molecule has 0 fully saturated rings. The number of unbranched alkanes of at least 4 members (excludes halogenated alkanes) is 13. The molecule has 0 radical (unpaired) electrons. The average molecular weight is 387 g/mol. The lowest BCUT2D eigenvalue weighted by molar-refractivity contribution is -0.137. The number of nitrogens with two attached hydrogens (primary N) is 1. The SMILES string of the molecule is CCCCCCCCCCCCCCCCSCC(N=C(C)N)C(=O)O. The molecule has 0 aliphatic carbocycles. The maximum Gasteiger partial charge on any atom is 0.329 e. The summed E-state index contributed by atoms with van der Waals surface area (Å²) >= 11 is 1.67. The van der Waals surface area contributed by atoms with E-state index in [1.54, 1.807) is 18.7 Å². The van der Waals surface area contributed by atoms with Gasteiger partial charge in [-0.1, -0.05) is 90.4 Å². The first-order chi connectivity index (χ1) is 12.6. The second-order valence-electron chi connectivity index (χ2n) is 7.30. The molecule has 0 bridgehead atoms. The molecule has 5 heteroatoms. The van der Waals surface area contributed by atoms with Crippen molar-refractivity contribution in [2.75, 3.05) is 11.5 Å². The standard InChI is InChI=1S/C21H42N2O2S/c1-3-4-5-6-7-8-9-10-11-12-13-14-15-16-17-26-18-20(21(24)25)23-19(2)22/h20H,3-18H2,1-2H3,(H2,22,23)(H,24,25). The van der Waals surface area contributed by atoms with Crippen LogP contribution in [0.2, 0.25) is 0 Å². The second kappa shape index (κ2) is 19.1. The van der Waals surface area contributed by atoms with Crippen LogP contribution in [-0.4, -0.2) is 34.5 Å². The van der Waals surface area contributed by atoms with Crippen molar-refractivity contribution in [1.29, 1.82) is 0 Å². The van der Waals surface area contributed by atoms with E-state index in [0.29, 0.717) is 11.6 Å². The van der Waals surface area contributed by atoms with E-state index in [1.165, 1.54) is 89.9 Å². The lowest BCUT2D eigenvalue weighted by Crippen LogP contribution is -2.24. The van der Waals surface area contributed by atoms with E-state index in [9.17, 15) is 4.79 Å². The fourth-order valence-electron chi connectivity index (χ4n) is 3.00. The van der Waals surface area contributed by atoms with Gasteiger partial charge in [-0.25, -0.2) is 4.79 Å². The number of thioether (sulfide) groups is 1. The molecule has 0 aliphatic heterocycles. The summed E-state index contributed by atoms with van der Waals surface area (Å²) in [6, 6.07) is -0.698. The third-order valence-corrected chi connectivity index (χ3v) is 5.69. The molecule has 0 saturated carbocycles. The molecule has 0 amide bonds. The number of nitrogens with zero attached hydrogens (tertiary/aromatic N) is 1. The summed E-state index contributed by atoms with van der Waals surface area (Å²) in [5.74, 6) is 0.987. The first kappa shape index (κ1) is 25.3. The molecule has 0 spiro atoms. The number of rotatable bonds is 19. The molecular weight excluding hydrogens is 344 g/mol. The zero-order valence-electron chi connectivity index (χ0n) is 17.2. The summed E-state index contributed by atoms with van der Waals surface area (Å²) in [6.45, 7) is 3.90. The van der Waals surface area contributed by atoms with Gasteiger partial charge in [-0.3, -0.25) is 4.99 Å². The van der Waals surface area contributed by atoms with Crippen LogP contribution in [0.4, 0.5) is 0 Å². The highest BCUT2D eigenvalue weighted by molar-refractivity contribution is 7.99. The zero-order valence-corrected chi connectivity index (χ0v) is 18.0. The van der Waals surface area contributed by atoms with Crippen LogP contribution in [0.15, 0.2) is 4.99 Å². The highest BCUT2D eigenvalue weighted by atomic mass is 32.2. The first-order valence-electron chi connectivity index (χ1n) is 10.7. The van der Waals surface area contributed by atoms with Crippen LogP contribution in [0, 0.1) is 0 Å². The van der Waals surface area contributed by atoms with Crippen molar-refractivity contribution in [3.05, 3.63) is 0 Å².